The number of carbonyl (C=O) groups is 2. The number of aliphatic carboxylic acids is 1. The van der Waals surface area contributed by atoms with Crippen LogP contribution in [0.15, 0.2) is 11.6 Å². The van der Waals surface area contributed by atoms with Crippen LogP contribution in [0.3, 0.4) is 0 Å². The highest BCUT2D eigenvalue weighted by Gasteiger charge is 2.38. The second-order valence-electron chi connectivity index (χ2n) is 3.83. The molecule has 3 nitrogen and oxygen atoms in total. The van der Waals surface area contributed by atoms with Gasteiger partial charge in [-0.2, -0.15) is 0 Å². The predicted octanol–water partition coefficient (Wildman–Crippen LogP) is 1.39. The third-order valence-electron chi connectivity index (χ3n) is 3.03. The summed E-state index contributed by atoms with van der Waals surface area (Å²) in [6.07, 6.45) is 4.75. The van der Waals surface area contributed by atoms with Crippen LogP contribution in [-0.4, -0.2) is 16.9 Å². The maximum absolute atomic E-state index is 11.2. The van der Waals surface area contributed by atoms with E-state index in [1.807, 2.05) is 0 Å². The fraction of sp³-hybridized carbons (Fsp3) is 0.600. The van der Waals surface area contributed by atoms with Crippen LogP contribution in [0.5, 0.6) is 0 Å². The molecule has 0 radical (unpaired) electrons. The van der Waals surface area contributed by atoms with Gasteiger partial charge in [0.1, 0.15) is 0 Å². The van der Waals surface area contributed by atoms with Crippen LogP contribution in [0, 0.1) is 11.8 Å². The molecule has 2 unspecified atom stereocenters. The number of carboxylic acid groups (broad SMARTS) is 1. The first kappa shape index (κ1) is 8.48. The lowest BCUT2D eigenvalue weighted by molar-refractivity contribution is -0.145. The minimum absolute atomic E-state index is 0.0134. The number of hydrogen-bond acceptors (Lipinski definition) is 2. The second kappa shape index (κ2) is 2.98. The van der Waals surface area contributed by atoms with E-state index in [9.17, 15) is 9.59 Å². The number of fused-ring (bicyclic) bond motifs is 1. The van der Waals surface area contributed by atoms with E-state index in [4.69, 9.17) is 5.11 Å². The van der Waals surface area contributed by atoms with Crippen molar-refractivity contribution in [2.75, 3.05) is 0 Å². The number of allylic oxidation sites excluding steroid dienone is 2. The Balaban J connectivity index is 2.29. The molecule has 13 heavy (non-hydrogen) atoms. The highest BCUT2D eigenvalue weighted by atomic mass is 16.4. The summed E-state index contributed by atoms with van der Waals surface area (Å²) in [6.45, 7) is 0. The Labute approximate surface area is 76.4 Å². The summed E-state index contributed by atoms with van der Waals surface area (Å²) in [7, 11) is 0. The number of carbonyl (C=O) groups excluding carboxylic acids is 1. The Morgan fingerprint density at radius 2 is 2.31 bits per heavy atom. The van der Waals surface area contributed by atoms with Crippen LogP contribution in [0.4, 0.5) is 0 Å². The number of hydrogen-bond donors (Lipinski definition) is 1. The molecule has 2 atom stereocenters. The molecule has 3 heteroatoms. The predicted molar refractivity (Wildman–Crippen MR) is 46.2 cm³/mol. The van der Waals surface area contributed by atoms with Crippen molar-refractivity contribution in [3.8, 4) is 0 Å². The Hall–Kier alpha value is -1.12. The van der Waals surface area contributed by atoms with Gasteiger partial charge >= 0.3 is 5.97 Å². The topological polar surface area (TPSA) is 54.4 Å². The van der Waals surface area contributed by atoms with Crippen LogP contribution in [-0.2, 0) is 9.59 Å². The van der Waals surface area contributed by atoms with Gasteiger partial charge in [-0.1, -0.05) is 5.57 Å². The van der Waals surface area contributed by atoms with Crippen molar-refractivity contribution in [3.05, 3.63) is 11.6 Å². The highest BCUT2D eigenvalue weighted by Crippen LogP contribution is 2.40. The molecule has 2 aliphatic carbocycles. The molecule has 0 aromatic rings. The largest absolute Gasteiger partial charge is 0.481 e. The maximum Gasteiger partial charge on any atom is 0.307 e. The molecule has 1 N–H and O–H groups in total. The molecule has 0 amide bonds. The van der Waals surface area contributed by atoms with Crippen LogP contribution in [0.25, 0.3) is 0 Å². The van der Waals surface area contributed by atoms with E-state index >= 15 is 0 Å². The van der Waals surface area contributed by atoms with Gasteiger partial charge < -0.3 is 5.11 Å². The van der Waals surface area contributed by atoms with Crippen molar-refractivity contribution in [1.82, 2.24) is 0 Å². The third-order valence-corrected chi connectivity index (χ3v) is 3.03. The van der Waals surface area contributed by atoms with Gasteiger partial charge in [-0.05, 0) is 31.3 Å². The van der Waals surface area contributed by atoms with Gasteiger partial charge in [0.05, 0.1) is 5.92 Å². The van der Waals surface area contributed by atoms with E-state index in [0.717, 1.165) is 24.8 Å². The summed E-state index contributed by atoms with van der Waals surface area (Å²) in [5, 5.41) is 8.92. The molecule has 70 valence electrons. The minimum atomic E-state index is -0.814. The monoisotopic (exact) mass is 180 g/mol. The van der Waals surface area contributed by atoms with Gasteiger partial charge in [0.15, 0.2) is 5.78 Å². The minimum Gasteiger partial charge on any atom is -0.481 e. The van der Waals surface area contributed by atoms with E-state index in [2.05, 4.69) is 0 Å². The molecule has 0 heterocycles. The van der Waals surface area contributed by atoms with E-state index in [0.29, 0.717) is 0 Å². The lowest BCUT2D eigenvalue weighted by Crippen LogP contribution is -2.28. The summed E-state index contributed by atoms with van der Waals surface area (Å²) in [6, 6.07) is 0. The Morgan fingerprint density at radius 3 is 3.00 bits per heavy atom. The fourth-order valence-electron chi connectivity index (χ4n) is 2.42. The van der Waals surface area contributed by atoms with Crippen molar-refractivity contribution in [3.63, 3.8) is 0 Å². The van der Waals surface area contributed by atoms with Crippen molar-refractivity contribution in [1.29, 1.82) is 0 Å². The van der Waals surface area contributed by atoms with Gasteiger partial charge in [-0.25, -0.2) is 0 Å². The summed E-state index contributed by atoms with van der Waals surface area (Å²) in [5.41, 5.74) is 1.07. The normalized spacial score (nSPS) is 32.6. The van der Waals surface area contributed by atoms with Crippen molar-refractivity contribution in [2.45, 2.75) is 25.7 Å². The van der Waals surface area contributed by atoms with Gasteiger partial charge in [0.2, 0.25) is 0 Å². The van der Waals surface area contributed by atoms with Gasteiger partial charge in [0.25, 0.3) is 0 Å². The van der Waals surface area contributed by atoms with E-state index in [1.54, 1.807) is 6.08 Å². The Morgan fingerprint density at radius 1 is 1.54 bits per heavy atom. The fourth-order valence-corrected chi connectivity index (χ4v) is 2.42. The molecule has 1 saturated carbocycles. The smallest absolute Gasteiger partial charge is 0.307 e. The van der Waals surface area contributed by atoms with Gasteiger partial charge in [-0.15, -0.1) is 0 Å². The zero-order chi connectivity index (χ0) is 9.42. The average molecular weight is 180 g/mol. The molecule has 1 fully saturated rings. The molecule has 2 rings (SSSR count). The molecule has 0 saturated heterocycles. The van der Waals surface area contributed by atoms with Crippen LogP contribution in [0.1, 0.15) is 25.7 Å². The standard InChI is InChI=1S/C10H12O3/c11-7-4-6-2-1-3-8(6)9(5-7)10(12)13/h4,8-9H,1-3,5H2,(H,12,13). The molecule has 0 spiro atoms. The molecular formula is C10H12O3. The molecular weight excluding hydrogens is 168 g/mol. The highest BCUT2D eigenvalue weighted by molar-refractivity contribution is 5.95. The summed E-state index contributed by atoms with van der Waals surface area (Å²) < 4.78 is 0. The van der Waals surface area contributed by atoms with Crippen LogP contribution < -0.4 is 0 Å². The third kappa shape index (κ3) is 1.39. The molecule has 2 aliphatic rings. The molecule has 0 aliphatic heterocycles. The van der Waals surface area contributed by atoms with E-state index in [-0.39, 0.29) is 18.1 Å². The summed E-state index contributed by atoms with van der Waals surface area (Å²) in [5.74, 6) is -1.13. The first-order chi connectivity index (χ1) is 6.18. The quantitative estimate of drug-likeness (QED) is 0.663. The summed E-state index contributed by atoms with van der Waals surface area (Å²) in [4.78, 5) is 22.0. The first-order valence-corrected chi connectivity index (χ1v) is 4.64. The molecule has 0 bridgehead atoms. The number of ketones is 1. The second-order valence-corrected chi connectivity index (χ2v) is 3.83. The van der Waals surface area contributed by atoms with Crippen molar-refractivity contribution in [2.24, 2.45) is 11.8 Å². The van der Waals surface area contributed by atoms with Gasteiger partial charge in [0, 0.05) is 6.42 Å². The first-order valence-electron chi connectivity index (χ1n) is 4.64. The van der Waals surface area contributed by atoms with E-state index < -0.39 is 11.9 Å². The lowest BCUT2D eigenvalue weighted by atomic mass is 9.79. The average Bonchev–Trinajstić information content (AvgIpc) is 2.49. The zero-order valence-electron chi connectivity index (χ0n) is 7.32. The SMILES string of the molecule is O=C1C=C2CCCC2C(C(=O)O)C1. The molecule has 0 aromatic heterocycles. The van der Waals surface area contributed by atoms with Crippen molar-refractivity contribution < 1.29 is 14.7 Å². The maximum atomic E-state index is 11.2. The van der Waals surface area contributed by atoms with Gasteiger partial charge in [-0.3, -0.25) is 9.59 Å². The van der Waals surface area contributed by atoms with Crippen LogP contribution in [0.2, 0.25) is 0 Å². The molecule has 0 aromatic carbocycles. The summed E-state index contributed by atoms with van der Waals surface area (Å²) >= 11 is 0. The van der Waals surface area contributed by atoms with E-state index in [1.165, 1.54) is 0 Å². The Kier molecular flexibility index (Phi) is 1.94. The lowest BCUT2D eigenvalue weighted by Gasteiger charge is -2.23. The van der Waals surface area contributed by atoms with Crippen molar-refractivity contribution >= 4 is 11.8 Å². The Bertz CT molecular complexity index is 291. The number of carboxylic acids is 1. The van der Waals surface area contributed by atoms with Crippen LogP contribution >= 0.6 is 0 Å². The zero-order valence-corrected chi connectivity index (χ0v) is 7.32. The number of rotatable bonds is 1.